The molecule has 0 spiro atoms. The number of aliphatic hydroxyl groups excluding tert-OH is 1. The van der Waals surface area contributed by atoms with E-state index in [9.17, 15) is 47.9 Å². The first-order valence-corrected chi connectivity index (χ1v) is 21.6. The maximum absolute atomic E-state index is 15.3. The Kier molecular flexibility index (Phi) is 17.8. The number of primary amides is 1. The third kappa shape index (κ3) is 14.4. The molecule has 1 aromatic heterocycles. The summed E-state index contributed by atoms with van der Waals surface area (Å²) in [6.07, 6.45) is 1.54. The molecule has 18 nitrogen and oxygen atoms in total. The summed E-state index contributed by atoms with van der Waals surface area (Å²) in [7, 11) is 0. The fourth-order valence-electron chi connectivity index (χ4n) is 7.52. The van der Waals surface area contributed by atoms with Crippen LogP contribution in [-0.4, -0.2) is 112 Å². The number of hydrogen-bond donors (Lipinski definition) is 6. The van der Waals surface area contributed by atoms with Crippen LogP contribution in [0, 0.1) is 17.0 Å². The Labute approximate surface area is 390 Å². The van der Waals surface area contributed by atoms with E-state index < -0.39 is 102 Å². The fraction of sp³-hybridized carbons (Fsp3) is 0.333. The minimum atomic E-state index is -1.64. The summed E-state index contributed by atoms with van der Waals surface area (Å²) in [5, 5.41) is 20.3. The molecule has 1 aliphatic rings. The number of carbonyl (C=O) groups is 8. The Bertz CT molecular complexity index is 2490. The topological polar surface area (TPSA) is 252 Å². The van der Waals surface area contributed by atoms with E-state index in [-0.39, 0.29) is 44.8 Å². The van der Waals surface area contributed by atoms with E-state index >= 15 is 4.39 Å². The van der Waals surface area contributed by atoms with Gasteiger partial charge in [0, 0.05) is 61.3 Å². The average molecular weight is 941 g/mol. The van der Waals surface area contributed by atoms with Crippen molar-refractivity contribution in [3.63, 3.8) is 0 Å². The molecule has 3 aromatic carbocycles. The minimum Gasteiger partial charge on any atom is -0.445 e. The van der Waals surface area contributed by atoms with E-state index in [0.717, 1.165) is 40.8 Å². The zero-order valence-electron chi connectivity index (χ0n) is 37.7. The van der Waals surface area contributed by atoms with Crippen LogP contribution in [0.1, 0.15) is 56.5 Å². The number of nitrogens with one attached hydrogen (secondary N) is 4. The highest BCUT2D eigenvalue weighted by Crippen LogP contribution is 2.41. The van der Waals surface area contributed by atoms with Gasteiger partial charge in [0.25, 0.3) is 11.8 Å². The summed E-state index contributed by atoms with van der Waals surface area (Å²) < 4.78 is 36.9. The second-order valence-electron chi connectivity index (χ2n) is 16.9. The lowest BCUT2D eigenvalue weighted by molar-refractivity contribution is -0.141. The number of carbonyl (C=O) groups excluding carboxylic acids is 8. The first-order valence-electron chi connectivity index (χ1n) is 21.6. The van der Waals surface area contributed by atoms with Crippen molar-refractivity contribution in [3.8, 4) is 11.1 Å². The van der Waals surface area contributed by atoms with Crippen LogP contribution < -0.4 is 27.0 Å². The van der Waals surface area contributed by atoms with Crippen molar-refractivity contribution in [1.29, 1.82) is 0 Å². The van der Waals surface area contributed by atoms with Gasteiger partial charge in [-0.1, -0.05) is 81.4 Å². The number of aliphatic hydroxyl groups is 1. The third-order valence-electron chi connectivity index (χ3n) is 10.7. The summed E-state index contributed by atoms with van der Waals surface area (Å²) in [6, 6.07) is 18.4. The predicted octanol–water partition coefficient (Wildman–Crippen LogP) is 2.59. The second kappa shape index (κ2) is 23.6. The smallest absolute Gasteiger partial charge is 0.408 e. The van der Waals surface area contributed by atoms with E-state index in [1.54, 1.807) is 47.2 Å². The molecule has 0 radical (unpaired) electrons. The molecule has 20 heteroatoms. The molecule has 0 fully saturated rings. The standard InChI is InChI=1S/C48H54F2N8O10/c1-48(2,3)44(38-22-32(34-23-33(49)14-15-35(34)50)26-56(38)25-30-10-6-4-7-11-30)57(43(64)28-59)21-18-36(45(65)53-20-19-52-40(61)27-58-41(62)16-17-42(58)63)54-46(66)37(24-39(51)60)55-47(67)68-29-31-12-8-5-9-13-31/h4-17,22-23,26,36-37,44,59H,18-21,24-25,27-29H2,1-3H3,(H2,51,60)(H,52,61)(H,53,65)(H,54,66)(H,55,67)/t36-,37-,44-/m0/s1. The van der Waals surface area contributed by atoms with Gasteiger partial charge in [0.15, 0.2) is 0 Å². The maximum atomic E-state index is 15.3. The molecular weight excluding hydrogens is 887 g/mol. The number of aromatic nitrogens is 1. The van der Waals surface area contributed by atoms with Crippen LogP contribution >= 0.6 is 0 Å². The Morgan fingerprint density at radius 3 is 2.06 bits per heavy atom. The van der Waals surface area contributed by atoms with E-state index in [2.05, 4.69) is 21.3 Å². The molecule has 360 valence electrons. The van der Waals surface area contributed by atoms with Crippen LogP contribution in [-0.2, 0) is 51.5 Å². The van der Waals surface area contributed by atoms with Gasteiger partial charge in [-0.2, -0.15) is 0 Å². The number of halogens is 2. The molecule has 0 bridgehead atoms. The number of hydrogen-bond acceptors (Lipinski definition) is 10. The number of imide groups is 1. The number of benzene rings is 3. The molecule has 2 heterocycles. The monoisotopic (exact) mass is 940 g/mol. The number of alkyl carbamates (subject to hydrolysis) is 1. The molecule has 68 heavy (non-hydrogen) atoms. The molecule has 8 amide bonds. The van der Waals surface area contributed by atoms with Crippen molar-refractivity contribution in [2.24, 2.45) is 11.1 Å². The predicted molar refractivity (Wildman–Crippen MR) is 242 cm³/mol. The number of ether oxygens (including phenoxy) is 1. The van der Waals surface area contributed by atoms with Crippen LogP contribution in [0.2, 0.25) is 0 Å². The molecule has 3 atom stereocenters. The minimum absolute atomic E-state index is 0.0421. The zero-order chi connectivity index (χ0) is 49.5. The highest BCUT2D eigenvalue weighted by molar-refractivity contribution is 6.14. The Hall–Kier alpha value is -7.74. The first kappa shape index (κ1) is 51.2. The lowest BCUT2D eigenvalue weighted by Crippen LogP contribution is -2.56. The number of nitrogens with two attached hydrogens (primary N) is 1. The fourth-order valence-corrected chi connectivity index (χ4v) is 7.52. The second-order valence-corrected chi connectivity index (χ2v) is 16.9. The van der Waals surface area contributed by atoms with Crippen LogP contribution in [0.25, 0.3) is 11.1 Å². The lowest BCUT2D eigenvalue weighted by atomic mass is 9.82. The van der Waals surface area contributed by atoms with Crippen molar-refractivity contribution in [2.75, 3.05) is 32.8 Å². The van der Waals surface area contributed by atoms with Crippen LogP contribution in [0.15, 0.2) is 103 Å². The summed E-state index contributed by atoms with van der Waals surface area (Å²) in [5.74, 6) is -7.07. The van der Waals surface area contributed by atoms with Crippen LogP contribution in [0.4, 0.5) is 13.6 Å². The quantitative estimate of drug-likeness (QED) is 0.0497. The van der Waals surface area contributed by atoms with Gasteiger partial charge in [-0.05, 0) is 47.2 Å². The SMILES string of the molecule is CC(C)(C)[C@H](c1cc(-c2cc(F)ccc2F)cn1Cc1ccccc1)N(CC[C@H](NC(=O)[C@H](CC(N)=O)NC(=O)OCc1ccccc1)C(=O)NCCNC(=O)CN1C(=O)C=CC1=O)C(=O)CO. The van der Waals surface area contributed by atoms with Crippen molar-refractivity contribution < 1.29 is 57.0 Å². The van der Waals surface area contributed by atoms with E-state index in [1.807, 2.05) is 51.1 Å². The van der Waals surface area contributed by atoms with Gasteiger partial charge >= 0.3 is 6.09 Å². The van der Waals surface area contributed by atoms with Gasteiger partial charge in [0.05, 0.1) is 12.5 Å². The molecule has 5 rings (SSSR count). The van der Waals surface area contributed by atoms with Crippen molar-refractivity contribution in [1.82, 2.24) is 35.6 Å². The molecular formula is C48H54F2N8O10. The van der Waals surface area contributed by atoms with Crippen LogP contribution in [0.3, 0.4) is 0 Å². The van der Waals surface area contributed by atoms with Crippen molar-refractivity contribution in [2.45, 2.75) is 64.9 Å². The first-order chi connectivity index (χ1) is 32.3. The number of amides is 8. The van der Waals surface area contributed by atoms with Crippen molar-refractivity contribution in [3.05, 3.63) is 132 Å². The number of nitrogens with zero attached hydrogens (tertiary/aromatic N) is 3. The van der Waals surface area contributed by atoms with Gasteiger partial charge in [0.1, 0.15) is 43.5 Å². The van der Waals surface area contributed by atoms with Gasteiger partial charge in [-0.15, -0.1) is 0 Å². The summed E-state index contributed by atoms with van der Waals surface area (Å²) in [5.41, 5.74) is 6.75. The molecule has 0 saturated carbocycles. The molecule has 4 aromatic rings. The number of rotatable bonds is 22. The molecule has 1 aliphatic heterocycles. The summed E-state index contributed by atoms with van der Waals surface area (Å²) in [6.45, 7) is 3.19. The lowest BCUT2D eigenvalue weighted by Gasteiger charge is -2.41. The highest BCUT2D eigenvalue weighted by Gasteiger charge is 2.38. The van der Waals surface area contributed by atoms with Gasteiger partial charge in [0.2, 0.25) is 29.5 Å². The van der Waals surface area contributed by atoms with Gasteiger partial charge in [-0.3, -0.25) is 38.5 Å². The summed E-state index contributed by atoms with van der Waals surface area (Å²) >= 11 is 0. The zero-order valence-corrected chi connectivity index (χ0v) is 37.7. The normalized spacial score (nSPS) is 13.6. The summed E-state index contributed by atoms with van der Waals surface area (Å²) in [4.78, 5) is 105. The Balaban J connectivity index is 1.44. The Morgan fingerprint density at radius 1 is 0.809 bits per heavy atom. The maximum Gasteiger partial charge on any atom is 0.408 e. The van der Waals surface area contributed by atoms with Crippen LogP contribution in [0.5, 0.6) is 0 Å². The van der Waals surface area contributed by atoms with Crippen molar-refractivity contribution >= 4 is 47.4 Å². The van der Waals surface area contributed by atoms with E-state index in [4.69, 9.17) is 10.5 Å². The molecule has 0 aliphatic carbocycles. The largest absolute Gasteiger partial charge is 0.445 e. The van der Waals surface area contributed by atoms with Gasteiger partial charge < -0.3 is 46.3 Å². The average Bonchev–Trinajstić information content (AvgIpc) is 3.85. The molecule has 7 N–H and O–H groups in total. The highest BCUT2D eigenvalue weighted by atomic mass is 19.1. The van der Waals surface area contributed by atoms with E-state index in [0.29, 0.717) is 16.8 Å². The Morgan fingerprint density at radius 2 is 1.44 bits per heavy atom. The molecule has 0 saturated heterocycles. The third-order valence-corrected chi connectivity index (χ3v) is 10.7. The molecule has 0 unspecified atom stereocenters. The van der Waals surface area contributed by atoms with E-state index in [1.165, 1.54) is 4.90 Å². The van der Waals surface area contributed by atoms with Gasteiger partial charge in [-0.25, -0.2) is 13.6 Å².